The Morgan fingerprint density at radius 1 is 1.27 bits per heavy atom. The molecule has 0 fully saturated rings. The van der Waals surface area contributed by atoms with Gasteiger partial charge in [-0.15, -0.1) is 0 Å². The van der Waals surface area contributed by atoms with Crippen molar-refractivity contribution in [1.29, 1.82) is 0 Å². The standard InChI is InChI=1S/C12H15N3/c1-8-9(2)15-12(14-8)7-10-5-3-4-6-11(10)13/h3-6H,7,13H2,1-2H3,(H,14,15). The number of nitrogens with one attached hydrogen (secondary N) is 1. The quantitative estimate of drug-likeness (QED) is 0.732. The number of hydrogen-bond donors (Lipinski definition) is 2. The Morgan fingerprint density at radius 3 is 2.60 bits per heavy atom. The molecule has 0 aliphatic carbocycles. The minimum atomic E-state index is 0.765. The van der Waals surface area contributed by atoms with Gasteiger partial charge in [0.2, 0.25) is 0 Å². The molecule has 0 saturated carbocycles. The lowest BCUT2D eigenvalue weighted by atomic mass is 10.1. The highest BCUT2D eigenvalue weighted by atomic mass is 14.9. The molecule has 2 rings (SSSR count). The Bertz CT molecular complexity index is 452. The predicted octanol–water partition coefficient (Wildman–Crippen LogP) is 2.20. The van der Waals surface area contributed by atoms with Gasteiger partial charge in [-0.1, -0.05) is 18.2 Å². The smallest absolute Gasteiger partial charge is 0.111 e. The molecule has 3 nitrogen and oxygen atoms in total. The van der Waals surface area contributed by atoms with Gasteiger partial charge in [-0.3, -0.25) is 0 Å². The van der Waals surface area contributed by atoms with E-state index in [1.807, 2.05) is 38.1 Å². The van der Waals surface area contributed by atoms with Gasteiger partial charge in [-0.05, 0) is 25.5 Å². The average molecular weight is 201 g/mol. The van der Waals surface area contributed by atoms with E-state index in [1.165, 1.54) is 0 Å². The van der Waals surface area contributed by atoms with Crippen molar-refractivity contribution < 1.29 is 0 Å². The van der Waals surface area contributed by atoms with Crippen molar-refractivity contribution in [3.05, 3.63) is 47.0 Å². The number of benzene rings is 1. The van der Waals surface area contributed by atoms with Crippen molar-refractivity contribution in [3.8, 4) is 0 Å². The second-order valence-corrected chi connectivity index (χ2v) is 3.77. The molecule has 0 amide bonds. The van der Waals surface area contributed by atoms with Gasteiger partial charge in [0.15, 0.2) is 0 Å². The first-order chi connectivity index (χ1) is 7.16. The van der Waals surface area contributed by atoms with E-state index in [4.69, 9.17) is 5.73 Å². The van der Waals surface area contributed by atoms with Crippen LogP contribution in [0.5, 0.6) is 0 Å². The van der Waals surface area contributed by atoms with Gasteiger partial charge in [0, 0.05) is 17.8 Å². The summed E-state index contributed by atoms with van der Waals surface area (Å²) in [6.07, 6.45) is 0.765. The van der Waals surface area contributed by atoms with Gasteiger partial charge < -0.3 is 10.7 Å². The zero-order chi connectivity index (χ0) is 10.8. The molecule has 15 heavy (non-hydrogen) atoms. The van der Waals surface area contributed by atoms with Crippen LogP contribution >= 0.6 is 0 Å². The first kappa shape index (κ1) is 9.77. The summed E-state index contributed by atoms with van der Waals surface area (Å²) in [4.78, 5) is 7.69. The third-order valence-electron chi connectivity index (χ3n) is 2.59. The lowest BCUT2D eigenvalue weighted by Gasteiger charge is -2.02. The number of aromatic amines is 1. The van der Waals surface area contributed by atoms with E-state index >= 15 is 0 Å². The van der Waals surface area contributed by atoms with Crippen molar-refractivity contribution in [2.24, 2.45) is 0 Å². The van der Waals surface area contributed by atoms with Gasteiger partial charge in [0.25, 0.3) is 0 Å². The highest BCUT2D eigenvalue weighted by Gasteiger charge is 2.05. The molecule has 2 aromatic rings. The number of aryl methyl sites for hydroxylation is 2. The van der Waals surface area contributed by atoms with E-state index in [-0.39, 0.29) is 0 Å². The van der Waals surface area contributed by atoms with Crippen LogP contribution in [0.1, 0.15) is 22.8 Å². The second-order valence-electron chi connectivity index (χ2n) is 3.77. The maximum Gasteiger partial charge on any atom is 0.111 e. The number of nitrogens with two attached hydrogens (primary N) is 1. The summed E-state index contributed by atoms with van der Waals surface area (Å²) < 4.78 is 0. The Kier molecular flexibility index (Phi) is 2.46. The third-order valence-corrected chi connectivity index (χ3v) is 2.59. The fraction of sp³-hybridized carbons (Fsp3) is 0.250. The number of hydrogen-bond acceptors (Lipinski definition) is 2. The number of H-pyrrole nitrogens is 1. The number of imidazole rings is 1. The van der Waals surface area contributed by atoms with Crippen LogP contribution in [0.25, 0.3) is 0 Å². The summed E-state index contributed by atoms with van der Waals surface area (Å²) in [7, 11) is 0. The number of anilines is 1. The van der Waals surface area contributed by atoms with E-state index in [9.17, 15) is 0 Å². The molecular formula is C12H15N3. The van der Waals surface area contributed by atoms with Crippen LogP contribution in [0.15, 0.2) is 24.3 Å². The van der Waals surface area contributed by atoms with Crippen LogP contribution in [-0.4, -0.2) is 9.97 Å². The van der Waals surface area contributed by atoms with E-state index in [0.717, 1.165) is 34.9 Å². The Morgan fingerprint density at radius 2 is 2.00 bits per heavy atom. The van der Waals surface area contributed by atoms with Crippen molar-refractivity contribution in [2.75, 3.05) is 5.73 Å². The van der Waals surface area contributed by atoms with Crippen LogP contribution in [0.2, 0.25) is 0 Å². The van der Waals surface area contributed by atoms with E-state index in [2.05, 4.69) is 9.97 Å². The summed E-state index contributed by atoms with van der Waals surface area (Å²) in [5.74, 6) is 0.975. The van der Waals surface area contributed by atoms with Crippen molar-refractivity contribution in [2.45, 2.75) is 20.3 Å². The molecule has 0 unspecified atom stereocenters. The van der Waals surface area contributed by atoms with E-state index < -0.39 is 0 Å². The summed E-state index contributed by atoms with van der Waals surface area (Å²) >= 11 is 0. The number of aromatic nitrogens is 2. The largest absolute Gasteiger partial charge is 0.398 e. The lowest BCUT2D eigenvalue weighted by molar-refractivity contribution is 1.01. The molecule has 0 aliphatic rings. The maximum atomic E-state index is 5.87. The second kappa shape index (κ2) is 3.77. The zero-order valence-corrected chi connectivity index (χ0v) is 9.04. The van der Waals surface area contributed by atoms with Gasteiger partial charge in [-0.25, -0.2) is 4.98 Å². The number of nitrogens with zero attached hydrogens (tertiary/aromatic N) is 1. The minimum Gasteiger partial charge on any atom is -0.398 e. The van der Waals surface area contributed by atoms with Gasteiger partial charge in [0.05, 0.1) is 5.69 Å². The van der Waals surface area contributed by atoms with Crippen LogP contribution in [-0.2, 0) is 6.42 Å². The highest BCUT2D eigenvalue weighted by molar-refractivity contribution is 5.47. The fourth-order valence-corrected chi connectivity index (χ4v) is 1.58. The normalized spacial score (nSPS) is 10.5. The zero-order valence-electron chi connectivity index (χ0n) is 9.04. The van der Waals surface area contributed by atoms with Crippen LogP contribution in [0, 0.1) is 13.8 Å². The minimum absolute atomic E-state index is 0.765. The van der Waals surface area contributed by atoms with Crippen molar-refractivity contribution in [3.63, 3.8) is 0 Å². The molecule has 0 bridgehead atoms. The number of para-hydroxylation sites is 1. The summed E-state index contributed by atoms with van der Waals surface area (Å²) in [6, 6.07) is 7.88. The third kappa shape index (κ3) is 2.01. The summed E-state index contributed by atoms with van der Waals surface area (Å²) in [5, 5.41) is 0. The molecule has 0 spiro atoms. The first-order valence-corrected chi connectivity index (χ1v) is 5.02. The fourth-order valence-electron chi connectivity index (χ4n) is 1.58. The summed E-state index contributed by atoms with van der Waals surface area (Å²) in [6.45, 7) is 4.03. The van der Waals surface area contributed by atoms with Gasteiger partial charge in [-0.2, -0.15) is 0 Å². The van der Waals surface area contributed by atoms with Crippen LogP contribution in [0.3, 0.4) is 0 Å². The SMILES string of the molecule is Cc1nc(Cc2ccccc2N)[nH]c1C. The van der Waals surface area contributed by atoms with Crippen LogP contribution in [0.4, 0.5) is 5.69 Å². The number of nitrogen functional groups attached to an aromatic ring is 1. The Labute approximate surface area is 89.4 Å². The van der Waals surface area contributed by atoms with Crippen LogP contribution < -0.4 is 5.73 Å². The predicted molar refractivity (Wildman–Crippen MR) is 61.7 cm³/mol. The average Bonchev–Trinajstić information content (AvgIpc) is 2.50. The van der Waals surface area contributed by atoms with E-state index in [1.54, 1.807) is 0 Å². The Balaban J connectivity index is 2.26. The monoisotopic (exact) mass is 201 g/mol. The van der Waals surface area contributed by atoms with Gasteiger partial charge >= 0.3 is 0 Å². The molecule has 1 heterocycles. The molecular weight excluding hydrogens is 186 g/mol. The summed E-state index contributed by atoms with van der Waals surface area (Å²) in [5.41, 5.74) is 9.99. The molecule has 0 radical (unpaired) electrons. The molecule has 0 aliphatic heterocycles. The molecule has 0 atom stereocenters. The molecule has 3 heteroatoms. The van der Waals surface area contributed by atoms with Crippen molar-refractivity contribution in [1.82, 2.24) is 9.97 Å². The Hall–Kier alpha value is -1.77. The molecule has 3 N–H and O–H groups in total. The topological polar surface area (TPSA) is 54.7 Å². The lowest BCUT2D eigenvalue weighted by Crippen LogP contribution is -1.96. The van der Waals surface area contributed by atoms with Gasteiger partial charge in [0.1, 0.15) is 5.82 Å². The van der Waals surface area contributed by atoms with Crippen molar-refractivity contribution >= 4 is 5.69 Å². The van der Waals surface area contributed by atoms with E-state index in [0.29, 0.717) is 0 Å². The first-order valence-electron chi connectivity index (χ1n) is 5.02. The highest BCUT2D eigenvalue weighted by Crippen LogP contribution is 2.15. The molecule has 0 saturated heterocycles. The molecule has 1 aromatic carbocycles. The number of rotatable bonds is 2. The maximum absolute atomic E-state index is 5.87. The molecule has 78 valence electrons. The molecule has 1 aromatic heterocycles.